The number of aliphatic hydroxyl groups excluding tert-OH is 1. The van der Waals surface area contributed by atoms with E-state index in [-0.39, 0.29) is 6.10 Å². The second-order valence-corrected chi connectivity index (χ2v) is 5.49. The molecule has 0 saturated carbocycles. The van der Waals surface area contributed by atoms with Crippen LogP contribution in [0.3, 0.4) is 0 Å². The Morgan fingerprint density at radius 1 is 0.867 bits per heavy atom. The number of hydrogen-bond acceptors (Lipinski definition) is 2. The highest BCUT2D eigenvalue weighted by atomic mass is 28.1. The van der Waals surface area contributed by atoms with E-state index < -0.39 is 0 Å². The molecule has 0 aliphatic carbocycles. The van der Waals surface area contributed by atoms with Gasteiger partial charge in [-0.1, -0.05) is 38.1 Å². The zero-order valence-corrected chi connectivity index (χ0v) is 12.4. The predicted octanol–water partition coefficient (Wildman–Crippen LogP) is 1.60. The Morgan fingerprint density at radius 2 is 1.40 bits per heavy atom. The maximum Gasteiger partial charge on any atom is 0.0540 e. The van der Waals surface area contributed by atoms with Crippen LogP contribution in [0.4, 0.5) is 0 Å². The van der Waals surface area contributed by atoms with E-state index in [1.54, 1.807) is 0 Å². The minimum atomic E-state index is -0.0740. The van der Waals surface area contributed by atoms with Crippen LogP contribution in [0.1, 0.15) is 57.8 Å². The van der Waals surface area contributed by atoms with Gasteiger partial charge in [0.25, 0.3) is 0 Å². The predicted molar refractivity (Wildman–Crippen MR) is 71.4 cm³/mol. The summed E-state index contributed by atoms with van der Waals surface area (Å²) in [4.78, 5) is 0. The van der Waals surface area contributed by atoms with E-state index in [4.69, 9.17) is 5.73 Å². The van der Waals surface area contributed by atoms with Crippen LogP contribution in [-0.2, 0) is 0 Å². The normalized spacial score (nSPS) is 13.2. The SMILES string of the molecule is NCCCCC(O)CCCCCCC[SiH3]. The van der Waals surface area contributed by atoms with Crippen molar-refractivity contribution in [2.75, 3.05) is 6.54 Å². The first-order valence-corrected chi connectivity index (χ1v) is 8.10. The lowest BCUT2D eigenvalue weighted by Crippen LogP contribution is -2.07. The topological polar surface area (TPSA) is 46.2 Å². The third-order valence-corrected chi connectivity index (χ3v) is 3.59. The van der Waals surface area contributed by atoms with E-state index in [0.717, 1.165) is 32.2 Å². The zero-order chi connectivity index (χ0) is 11.4. The molecule has 0 aromatic rings. The first-order chi connectivity index (χ1) is 7.31. The van der Waals surface area contributed by atoms with Gasteiger partial charge < -0.3 is 10.8 Å². The molecule has 0 aromatic carbocycles. The second kappa shape index (κ2) is 12.2. The van der Waals surface area contributed by atoms with Crippen LogP contribution < -0.4 is 5.73 Å². The molecule has 0 saturated heterocycles. The van der Waals surface area contributed by atoms with Crippen molar-refractivity contribution in [3.63, 3.8) is 0 Å². The molecular formula is C12H29NOSi. The summed E-state index contributed by atoms with van der Waals surface area (Å²) in [7, 11) is 1.36. The van der Waals surface area contributed by atoms with E-state index >= 15 is 0 Å². The fraction of sp³-hybridized carbons (Fsp3) is 1.00. The van der Waals surface area contributed by atoms with Gasteiger partial charge in [-0.3, -0.25) is 0 Å². The van der Waals surface area contributed by atoms with Crippen LogP contribution in [0.5, 0.6) is 0 Å². The molecule has 0 radical (unpaired) electrons. The first-order valence-electron chi connectivity index (χ1n) is 6.69. The molecular weight excluding hydrogens is 202 g/mol. The summed E-state index contributed by atoms with van der Waals surface area (Å²) in [5.74, 6) is 0. The van der Waals surface area contributed by atoms with E-state index in [0.29, 0.717) is 0 Å². The molecule has 3 N–H and O–H groups in total. The Balaban J connectivity index is 3.06. The molecule has 92 valence electrons. The summed E-state index contributed by atoms with van der Waals surface area (Å²) in [6, 6.07) is 1.45. The van der Waals surface area contributed by atoms with Crippen LogP contribution in [0, 0.1) is 0 Å². The van der Waals surface area contributed by atoms with Crippen molar-refractivity contribution in [3.8, 4) is 0 Å². The molecule has 0 aliphatic heterocycles. The fourth-order valence-electron chi connectivity index (χ4n) is 1.83. The maximum atomic E-state index is 9.64. The summed E-state index contributed by atoms with van der Waals surface area (Å²) >= 11 is 0. The Kier molecular flexibility index (Phi) is 12.3. The third-order valence-electron chi connectivity index (χ3n) is 2.88. The van der Waals surface area contributed by atoms with Crippen molar-refractivity contribution in [2.45, 2.75) is 69.9 Å². The highest BCUT2D eigenvalue weighted by Crippen LogP contribution is 2.11. The highest BCUT2D eigenvalue weighted by molar-refractivity contribution is 6.08. The van der Waals surface area contributed by atoms with Crippen LogP contribution in [0.2, 0.25) is 6.04 Å². The summed E-state index contributed by atoms with van der Waals surface area (Å²) < 4.78 is 0. The van der Waals surface area contributed by atoms with Gasteiger partial charge in [0.15, 0.2) is 0 Å². The molecule has 0 aromatic heterocycles. The lowest BCUT2D eigenvalue weighted by molar-refractivity contribution is 0.147. The molecule has 2 nitrogen and oxygen atoms in total. The van der Waals surface area contributed by atoms with Crippen molar-refractivity contribution >= 4 is 10.2 Å². The zero-order valence-electron chi connectivity index (χ0n) is 10.4. The quantitative estimate of drug-likeness (QED) is 0.419. The lowest BCUT2D eigenvalue weighted by Gasteiger charge is -2.09. The van der Waals surface area contributed by atoms with Crippen LogP contribution in [-0.4, -0.2) is 28.0 Å². The Morgan fingerprint density at radius 3 is 2.00 bits per heavy atom. The molecule has 0 rings (SSSR count). The van der Waals surface area contributed by atoms with Crippen LogP contribution in [0.25, 0.3) is 0 Å². The second-order valence-electron chi connectivity index (χ2n) is 4.49. The van der Waals surface area contributed by atoms with Gasteiger partial charge in [0.2, 0.25) is 0 Å². The summed E-state index contributed by atoms with van der Waals surface area (Å²) in [5.41, 5.74) is 5.40. The van der Waals surface area contributed by atoms with E-state index in [1.807, 2.05) is 0 Å². The molecule has 1 unspecified atom stereocenters. The van der Waals surface area contributed by atoms with E-state index in [9.17, 15) is 5.11 Å². The molecule has 0 heterocycles. The first kappa shape index (κ1) is 15.1. The van der Waals surface area contributed by atoms with Crippen molar-refractivity contribution in [1.82, 2.24) is 0 Å². The smallest absolute Gasteiger partial charge is 0.0540 e. The number of rotatable bonds is 11. The molecule has 0 bridgehead atoms. The van der Waals surface area contributed by atoms with E-state index in [1.165, 1.54) is 48.4 Å². The maximum absolute atomic E-state index is 9.64. The van der Waals surface area contributed by atoms with Gasteiger partial charge in [-0.15, -0.1) is 0 Å². The molecule has 0 amide bonds. The number of unbranched alkanes of at least 4 members (excludes halogenated alkanes) is 5. The molecule has 0 fully saturated rings. The highest BCUT2D eigenvalue weighted by Gasteiger charge is 2.02. The van der Waals surface area contributed by atoms with E-state index in [2.05, 4.69) is 0 Å². The molecule has 3 heteroatoms. The number of aliphatic hydroxyl groups is 1. The Labute approximate surface area is 98.1 Å². The monoisotopic (exact) mass is 231 g/mol. The van der Waals surface area contributed by atoms with Gasteiger partial charge in [0.1, 0.15) is 0 Å². The summed E-state index contributed by atoms with van der Waals surface area (Å²) in [5, 5.41) is 9.64. The summed E-state index contributed by atoms with van der Waals surface area (Å²) in [6.45, 7) is 0.757. The molecule has 0 aliphatic rings. The minimum Gasteiger partial charge on any atom is -0.393 e. The average Bonchev–Trinajstić information content (AvgIpc) is 2.23. The Bertz CT molecular complexity index is 122. The van der Waals surface area contributed by atoms with Gasteiger partial charge in [-0.05, 0) is 32.2 Å². The standard InChI is InChI=1S/C12H29NOSi/c13-10-6-5-9-12(14)8-4-2-1-3-7-11-15/h12,14H,1-11,13H2,15H3. The third kappa shape index (κ3) is 12.1. The minimum absolute atomic E-state index is 0.0740. The Hall–Kier alpha value is 0.137. The van der Waals surface area contributed by atoms with Gasteiger partial charge in [-0.2, -0.15) is 0 Å². The van der Waals surface area contributed by atoms with Gasteiger partial charge in [0, 0.05) is 10.2 Å². The van der Waals surface area contributed by atoms with Gasteiger partial charge >= 0.3 is 0 Å². The van der Waals surface area contributed by atoms with Crippen molar-refractivity contribution < 1.29 is 5.11 Å². The van der Waals surface area contributed by atoms with Crippen LogP contribution >= 0.6 is 0 Å². The van der Waals surface area contributed by atoms with Gasteiger partial charge in [-0.25, -0.2) is 0 Å². The van der Waals surface area contributed by atoms with Crippen molar-refractivity contribution in [2.24, 2.45) is 5.73 Å². The fourth-order valence-corrected chi connectivity index (χ4v) is 2.33. The van der Waals surface area contributed by atoms with Crippen LogP contribution in [0.15, 0.2) is 0 Å². The average molecular weight is 231 g/mol. The number of nitrogens with two attached hydrogens (primary N) is 1. The lowest BCUT2D eigenvalue weighted by atomic mass is 10.0. The molecule has 15 heavy (non-hydrogen) atoms. The summed E-state index contributed by atoms with van der Waals surface area (Å²) in [6.07, 6.45) is 10.7. The van der Waals surface area contributed by atoms with Crippen molar-refractivity contribution in [3.05, 3.63) is 0 Å². The molecule has 1 atom stereocenters. The van der Waals surface area contributed by atoms with Gasteiger partial charge in [0.05, 0.1) is 6.10 Å². The van der Waals surface area contributed by atoms with Crippen molar-refractivity contribution in [1.29, 1.82) is 0 Å². The largest absolute Gasteiger partial charge is 0.393 e. The number of hydrogen-bond donors (Lipinski definition) is 2. The molecule has 0 spiro atoms.